The highest BCUT2D eigenvalue weighted by molar-refractivity contribution is 6.45. The van der Waals surface area contributed by atoms with E-state index in [0.29, 0.717) is 0 Å². The van der Waals surface area contributed by atoms with Crippen molar-refractivity contribution in [3.8, 4) is 0 Å². The molecule has 0 saturated carbocycles. The van der Waals surface area contributed by atoms with Crippen molar-refractivity contribution in [3.63, 3.8) is 0 Å². The first-order chi connectivity index (χ1) is 13.4. The van der Waals surface area contributed by atoms with Gasteiger partial charge in [0.15, 0.2) is 0 Å². The Bertz CT molecular complexity index is 880. The molecule has 0 heterocycles. The van der Waals surface area contributed by atoms with Crippen LogP contribution in [0.2, 0.25) is 0 Å². The lowest BCUT2D eigenvalue weighted by Gasteiger charge is -2.31. The smallest absolute Gasteiger partial charge is 0.293 e. The predicted molar refractivity (Wildman–Crippen MR) is 110 cm³/mol. The number of Topliss-reactive ketones (excluding diaryl/α,β-unsaturated/α-hetero) is 3. The fourth-order valence-corrected chi connectivity index (χ4v) is 3.41. The largest absolute Gasteiger partial charge is 0.353 e. The maximum absolute atomic E-state index is 12.8. The normalized spacial score (nSPS) is 12.5. The minimum Gasteiger partial charge on any atom is -0.353 e. The SMILES string of the molecule is CC(C)(Cc1ccccc1)C(=O)C(=O)C(O)(O)C(=O)C(C)(C)Cc1ccccc1. The lowest BCUT2D eigenvalue weighted by molar-refractivity contribution is -0.197. The molecule has 2 rings (SSSR count). The molecule has 2 aromatic rings. The van der Waals surface area contributed by atoms with E-state index in [1.165, 1.54) is 13.8 Å². The molecule has 0 aliphatic rings. The summed E-state index contributed by atoms with van der Waals surface area (Å²) >= 11 is 0. The van der Waals surface area contributed by atoms with Gasteiger partial charge in [-0.25, -0.2) is 0 Å². The molecule has 0 atom stereocenters. The third-order valence-corrected chi connectivity index (χ3v) is 5.05. The number of benzene rings is 2. The number of aliphatic hydroxyl groups is 2. The van der Waals surface area contributed by atoms with Crippen LogP contribution in [-0.4, -0.2) is 33.3 Å². The van der Waals surface area contributed by atoms with Crippen LogP contribution >= 0.6 is 0 Å². The van der Waals surface area contributed by atoms with Gasteiger partial charge in [-0.3, -0.25) is 14.4 Å². The minimum atomic E-state index is -3.37. The molecule has 2 aromatic carbocycles. The third-order valence-electron chi connectivity index (χ3n) is 5.05. The summed E-state index contributed by atoms with van der Waals surface area (Å²) in [6.07, 6.45) is 0.431. The second-order valence-electron chi connectivity index (χ2n) is 8.75. The summed E-state index contributed by atoms with van der Waals surface area (Å²) in [5, 5.41) is 20.8. The number of ketones is 3. The zero-order valence-corrected chi connectivity index (χ0v) is 17.3. The van der Waals surface area contributed by atoms with E-state index in [1.807, 2.05) is 48.5 Å². The zero-order valence-electron chi connectivity index (χ0n) is 17.3. The van der Waals surface area contributed by atoms with E-state index < -0.39 is 34.0 Å². The van der Waals surface area contributed by atoms with Crippen molar-refractivity contribution in [2.45, 2.75) is 46.3 Å². The van der Waals surface area contributed by atoms with Gasteiger partial charge in [0, 0.05) is 10.8 Å². The van der Waals surface area contributed by atoms with Crippen LogP contribution in [0.25, 0.3) is 0 Å². The first kappa shape index (κ1) is 22.7. The summed E-state index contributed by atoms with van der Waals surface area (Å²) < 4.78 is 0. The number of hydrogen-bond donors (Lipinski definition) is 2. The van der Waals surface area contributed by atoms with Crippen LogP contribution in [0.15, 0.2) is 60.7 Å². The van der Waals surface area contributed by atoms with Gasteiger partial charge in [0.05, 0.1) is 0 Å². The molecular weight excluding hydrogens is 368 g/mol. The monoisotopic (exact) mass is 396 g/mol. The van der Waals surface area contributed by atoms with E-state index in [9.17, 15) is 24.6 Å². The van der Waals surface area contributed by atoms with E-state index in [4.69, 9.17) is 0 Å². The van der Waals surface area contributed by atoms with Crippen molar-refractivity contribution in [2.24, 2.45) is 10.8 Å². The van der Waals surface area contributed by atoms with E-state index in [2.05, 4.69) is 0 Å². The average Bonchev–Trinajstić information content (AvgIpc) is 2.67. The highest BCUT2D eigenvalue weighted by Crippen LogP contribution is 2.31. The molecule has 0 bridgehead atoms. The molecule has 29 heavy (non-hydrogen) atoms. The Balaban J connectivity index is 2.20. The van der Waals surface area contributed by atoms with Crippen LogP contribution in [0.4, 0.5) is 0 Å². The van der Waals surface area contributed by atoms with Crippen molar-refractivity contribution >= 4 is 17.3 Å². The highest BCUT2D eigenvalue weighted by Gasteiger charge is 2.53. The summed E-state index contributed by atoms with van der Waals surface area (Å²) in [7, 11) is 0. The Morgan fingerprint density at radius 2 is 1.03 bits per heavy atom. The Kier molecular flexibility index (Phi) is 6.56. The Morgan fingerprint density at radius 3 is 1.45 bits per heavy atom. The van der Waals surface area contributed by atoms with E-state index >= 15 is 0 Å². The first-order valence-electron chi connectivity index (χ1n) is 9.55. The number of rotatable bonds is 9. The summed E-state index contributed by atoms with van der Waals surface area (Å²) in [4.78, 5) is 38.3. The lowest BCUT2D eigenvalue weighted by Crippen LogP contribution is -2.57. The van der Waals surface area contributed by atoms with Crippen molar-refractivity contribution in [1.29, 1.82) is 0 Å². The van der Waals surface area contributed by atoms with Crippen LogP contribution in [0.3, 0.4) is 0 Å². The first-order valence-corrected chi connectivity index (χ1v) is 9.55. The van der Waals surface area contributed by atoms with Gasteiger partial charge in [-0.2, -0.15) is 0 Å². The molecule has 0 aromatic heterocycles. The van der Waals surface area contributed by atoms with Gasteiger partial charge in [-0.05, 0) is 24.0 Å². The Morgan fingerprint density at radius 1 is 0.655 bits per heavy atom. The quantitative estimate of drug-likeness (QED) is 0.386. The summed E-state index contributed by atoms with van der Waals surface area (Å²) in [5.41, 5.74) is -0.815. The highest BCUT2D eigenvalue weighted by atomic mass is 16.5. The number of carbonyl (C=O) groups is 3. The number of carbonyl (C=O) groups excluding carboxylic acids is 3. The zero-order chi connectivity index (χ0) is 21.9. The molecule has 5 heteroatoms. The molecule has 154 valence electrons. The maximum atomic E-state index is 12.8. The molecule has 0 amide bonds. The van der Waals surface area contributed by atoms with Crippen molar-refractivity contribution in [2.75, 3.05) is 0 Å². The van der Waals surface area contributed by atoms with E-state index in [-0.39, 0.29) is 12.8 Å². The molecule has 5 nitrogen and oxygen atoms in total. The van der Waals surface area contributed by atoms with Crippen LogP contribution in [0.5, 0.6) is 0 Å². The summed E-state index contributed by atoms with van der Waals surface area (Å²) in [6, 6.07) is 18.2. The molecule has 0 spiro atoms. The molecule has 0 unspecified atom stereocenters. The van der Waals surface area contributed by atoms with Gasteiger partial charge in [0.1, 0.15) is 0 Å². The Hall–Kier alpha value is -2.63. The van der Waals surface area contributed by atoms with Gasteiger partial charge < -0.3 is 10.2 Å². The fourth-order valence-electron chi connectivity index (χ4n) is 3.41. The average molecular weight is 396 g/mol. The maximum Gasteiger partial charge on any atom is 0.293 e. The van der Waals surface area contributed by atoms with Gasteiger partial charge in [-0.1, -0.05) is 88.4 Å². The minimum absolute atomic E-state index is 0.199. The van der Waals surface area contributed by atoms with E-state index in [1.54, 1.807) is 26.0 Å². The van der Waals surface area contributed by atoms with E-state index in [0.717, 1.165) is 11.1 Å². The van der Waals surface area contributed by atoms with Crippen molar-refractivity contribution in [1.82, 2.24) is 0 Å². The molecule has 2 N–H and O–H groups in total. The molecule has 0 aliphatic heterocycles. The lowest BCUT2D eigenvalue weighted by atomic mass is 9.73. The second-order valence-corrected chi connectivity index (χ2v) is 8.75. The molecule has 0 aliphatic carbocycles. The van der Waals surface area contributed by atoms with Gasteiger partial charge in [-0.15, -0.1) is 0 Å². The second kappa shape index (κ2) is 8.39. The number of hydrogen-bond acceptors (Lipinski definition) is 5. The topological polar surface area (TPSA) is 91.7 Å². The molecular formula is C24H28O5. The van der Waals surface area contributed by atoms with Crippen LogP contribution in [0.1, 0.15) is 38.8 Å². The summed E-state index contributed by atoms with van der Waals surface area (Å²) in [6.45, 7) is 6.15. The van der Waals surface area contributed by atoms with Crippen LogP contribution in [0, 0.1) is 10.8 Å². The van der Waals surface area contributed by atoms with Crippen LogP contribution < -0.4 is 0 Å². The molecule has 0 radical (unpaired) electrons. The standard InChI is InChI=1S/C24H28O5/c1-22(2,15-17-11-7-5-8-12-17)19(25)20(26)24(28,29)21(27)23(3,4)16-18-13-9-6-10-14-18/h5-14,28-29H,15-16H2,1-4H3. The van der Waals surface area contributed by atoms with Crippen molar-refractivity contribution in [3.05, 3.63) is 71.8 Å². The molecule has 0 fully saturated rings. The third kappa shape index (κ3) is 5.25. The van der Waals surface area contributed by atoms with Gasteiger partial charge >= 0.3 is 0 Å². The summed E-state index contributed by atoms with van der Waals surface area (Å²) in [5.74, 6) is -6.95. The predicted octanol–water partition coefficient (Wildman–Crippen LogP) is 2.91. The molecule has 0 saturated heterocycles. The van der Waals surface area contributed by atoms with Gasteiger partial charge in [0.25, 0.3) is 11.6 Å². The van der Waals surface area contributed by atoms with Crippen molar-refractivity contribution < 1.29 is 24.6 Å². The van der Waals surface area contributed by atoms with Gasteiger partial charge in [0.2, 0.25) is 11.6 Å². The van der Waals surface area contributed by atoms with Crippen LogP contribution in [-0.2, 0) is 27.2 Å². The Labute approximate surface area is 171 Å². The fraction of sp³-hybridized carbons (Fsp3) is 0.375.